The Morgan fingerprint density at radius 2 is 1.09 bits per heavy atom. The lowest BCUT2D eigenvalue weighted by molar-refractivity contribution is 0.200. The smallest absolute Gasteiger partial charge is 0.328 e. The number of anilines is 1. The Morgan fingerprint density at radius 3 is 1.79 bits per heavy atom. The third kappa shape index (κ3) is 5.16. The van der Waals surface area contributed by atoms with E-state index in [2.05, 4.69) is 227 Å². The van der Waals surface area contributed by atoms with Crippen LogP contribution < -0.4 is 15.7 Å². The lowest BCUT2D eigenvalue weighted by Gasteiger charge is -2.54. The molecule has 68 heavy (non-hydrogen) atoms. The van der Waals surface area contributed by atoms with Gasteiger partial charge in [-0.2, -0.15) is 0 Å². The van der Waals surface area contributed by atoms with Gasteiger partial charge in [0.15, 0.2) is 0 Å². The summed E-state index contributed by atoms with van der Waals surface area (Å²) in [5.74, 6) is 0. The van der Waals surface area contributed by atoms with Crippen LogP contribution in [0.2, 0.25) is 0 Å². The largest absolute Gasteiger partial charge is 0.400 e. The SMILES string of the molecule is CC(C)(C)c1cc2c3c(c1)-n1c4ccc(-c5ccccc5)cc4c4cc(-c5ccccc5)cc(c41)B3N1c3c-2cc2c4cc(C(C)(C)C)ccc4n(-c4ccccc4)c2c3C2(C)CCCCC12C. The minimum atomic E-state index is -0.156. The maximum atomic E-state index is 3.03. The van der Waals surface area contributed by atoms with E-state index in [9.17, 15) is 0 Å². The lowest BCUT2D eigenvalue weighted by Crippen LogP contribution is -2.70. The average molecular weight is 880 g/mol. The molecule has 0 saturated heterocycles. The third-order valence-corrected chi connectivity index (χ3v) is 17.5. The van der Waals surface area contributed by atoms with Crippen LogP contribution in [-0.4, -0.2) is 21.5 Å². The summed E-state index contributed by atoms with van der Waals surface area (Å²) in [7, 11) is 0. The Kier molecular flexibility index (Phi) is 7.99. The number of aromatic nitrogens is 2. The van der Waals surface area contributed by atoms with Crippen LogP contribution in [0, 0.1) is 0 Å². The fourth-order valence-corrected chi connectivity index (χ4v) is 13.8. The zero-order valence-corrected chi connectivity index (χ0v) is 40.8. The molecule has 0 N–H and O–H groups in total. The fourth-order valence-electron chi connectivity index (χ4n) is 13.8. The Labute approximate surface area is 401 Å². The zero-order valence-electron chi connectivity index (χ0n) is 40.8. The first-order valence-corrected chi connectivity index (χ1v) is 25.2. The first-order valence-electron chi connectivity index (χ1n) is 25.2. The second-order valence-electron chi connectivity index (χ2n) is 23.3. The molecule has 14 rings (SSSR count). The molecule has 2 atom stereocenters. The van der Waals surface area contributed by atoms with Crippen molar-refractivity contribution >= 4 is 67.1 Å². The van der Waals surface area contributed by atoms with Crippen molar-refractivity contribution in [2.24, 2.45) is 0 Å². The van der Waals surface area contributed by atoms with E-state index in [1.807, 2.05) is 0 Å². The molecule has 1 saturated carbocycles. The Morgan fingerprint density at radius 1 is 0.485 bits per heavy atom. The van der Waals surface area contributed by atoms with Gasteiger partial charge >= 0.3 is 6.85 Å². The standard InChI is InChI=1S/C64H58BN3/c1-61(2,3)43-27-29-53-47(35-43)50-38-51-48-36-44(62(4,5)6)37-55-57(48)65(68-60(51)56(63(7)30-18-19-31-64(63,68)8)59(50)66(53)45-24-16-11-17-25-45)52-34-42(40-22-14-10-15-23-40)33-49-46-32-41(39-20-12-9-13-21-39)26-28-54(46)67(55)58(49)52/h9-17,20-29,32-38H,18-19,30-31H2,1-8H3. The van der Waals surface area contributed by atoms with Crippen LogP contribution in [-0.2, 0) is 16.2 Å². The van der Waals surface area contributed by atoms with Gasteiger partial charge in [0.25, 0.3) is 0 Å². The molecule has 0 bridgehead atoms. The van der Waals surface area contributed by atoms with Crippen molar-refractivity contribution in [1.82, 2.24) is 9.13 Å². The van der Waals surface area contributed by atoms with E-state index in [0.717, 1.165) is 12.8 Å². The molecule has 0 radical (unpaired) electrons. The molecule has 3 aliphatic heterocycles. The molecule has 1 aliphatic carbocycles. The highest BCUT2D eigenvalue weighted by Crippen LogP contribution is 2.65. The quantitative estimate of drug-likeness (QED) is 0.161. The Bertz CT molecular complexity index is 3790. The van der Waals surface area contributed by atoms with E-state index in [1.165, 1.54) is 129 Å². The summed E-state index contributed by atoms with van der Waals surface area (Å²) in [6.07, 6.45) is 4.75. The normalized spacial score (nSPS) is 19.3. The summed E-state index contributed by atoms with van der Waals surface area (Å²) in [5, 5.41) is 5.37. The van der Waals surface area contributed by atoms with E-state index < -0.39 is 0 Å². The van der Waals surface area contributed by atoms with Crippen molar-refractivity contribution in [1.29, 1.82) is 0 Å². The zero-order chi connectivity index (χ0) is 46.2. The molecular formula is C64H58BN3. The van der Waals surface area contributed by atoms with Gasteiger partial charge in [0.05, 0.1) is 22.1 Å². The second-order valence-corrected chi connectivity index (χ2v) is 23.3. The van der Waals surface area contributed by atoms with Gasteiger partial charge in [-0.25, -0.2) is 0 Å². The van der Waals surface area contributed by atoms with E-state index in [0.29, 0.717) is 0 Å². The number of fused-ring (bicyclic) bond motifs is 14. The maximum absolute atomic E-state index is 3.03. The lowest BCUT2D eigenvalue weighted by atomic mass is 9.42. The number of hydrogen-bond acceptors (Lipinski definition) is 1. The molecule has 3 nitrogen and oxygen atoms in total. The van der Waals surface area contributed by atoms with Crippen molar-refractivity contribution in [2.75, 3.05) is 4.81 Å². The molecule has 332 valence electrons. The molecule has 1 fully saturated rings. The van der Waals surface area contributed by atoms with E-state index in [-0.39, 0.29) is 28.6 Å². The molecule has 4 aliphatic rings. The molecular weight excluding hydrogens is 822 g/mol. The first kappa shape index (κ1) is 40.3. The van der Waals surface area contributed by atoms with E-state index in [1.54, 1.807) is 5.56 Å². The average Bonchev–Trinajstić information content (AvgIpc) is 3.92. The van der Waals surface area contributed by atoms with Crippen LogP contribution in [0.4, 0.5) is 5.69 Å². The van der Waals surface area contributed by atoms with Crippen molar-refractivity contribution in [3.63, 3.8) is 0 Å². The molecule has 0 spiro atoms. The van der Waals surface area contributed by atoms with Crippen molar-refractivity contribution in [3.05, 3.63) is 174 Å². The predicted octanol–water partition coefficient (Wildman–Crippen LogP) is 15.3. The summed E-state index contributed by atoms with van der Waals surface area (Å²) >= 11 is 0. The van der Waals surface area contributed by atoms with Crippen molar-refractivity contribution in [2.45, 2.75) is 103 Å². The highest BCUT2D eigenvalue weighted by molar-refractivity contribution is 6.93. The van der Waals surface area contributed by atoms with Gasteiger partial charge in [0.2, 0.25) is 0 Å². The fraction of sp³-hybridized carbons (Fsp3) is 0.250. The van der Waals surface area contributed by atoms with Crippen LogP contribution in [0.5, 0.6) is 0 Å². The molecule has 0 amide bonds. The van der Waals surface area contributed by atoms with Gasteiger partial charge < -0.3 is 13.9 Å². The Hall–Kier alpha value is -6.78. The number of rotatable bonds is 3. The molecule has 5 heterocycles. The minimum Gasteiger partial charge on any atom is -0.400 e. The van der Waals surface area contributed by atoms with Crippen LogP contribution in [0.3, 0.4) is 0 Å². The minimum absolute atomic E-state index is 0.0110. The summed E-state index contributed by atoms with van der Waals surface area (Å²) in [6, 6.07) is 60.9. The van der Waals surface area contributed by atoms with Crippen molar-refractivity contribution < 1.29 is 0 Å². The molecule has 8 aromatic carbocycles. The van der Waals surface area contributed by atoms with Gasteiger partial charge in [-0.05, 0) is 135 Å². The van der Waals surface area contributed by atoms with E-state index in [4.69, 9.17) is 0 Å². The first-order chi connectivity index (χ1) is 32.7. The second kappa shape index (κ2) is 13.5. The number of para-hydroxylation sites is 1. The van der Waals surface area contributed by atoms with Crippen molar-refractivity contribution in [3.8, 4) is 44.8 Å². The van der Waals surface area contributed by atoms with Gasteiger partial charge in [0, 0.05) is 60.7 Å². The molecule has 2 aromatic heterocycles. The van der Waals surface area contributed by atoms with Gasteiger partial charge in [-0.3, -0.25) is 0 Å². The predicted molar refractivity (Wildman–Crippen MR) is 291 cm³/mol. The van der Waals surface area contributed by atoms with Crippen LogP contribution in [0.25, 0.3) is 88.4 Å². The summed E-state index contributed by atoms with van der Waals surface area (Å²) in [4.78, 5) is 3.03. The van der Waals surface area contributed by atoms with Crippen LogP contribution in [0.15, 0.2) is 158 Å². The highest BCUT2D eigenvalue weighted by atomic mass is 15.2. The topological polar surface area (TPSA) is 13.1 Å². The highest BCUT2D eigenvalue weighted by Gasteiger charge is 2.63. The summed E-state index contributed by atoms with van der Waals surface area (Å²) in [6.45, 7) is 19.6. The number of nitrogens with zero attached hydrogens (tertiary/aromatic N) is 3. The molecule has 10 aromatic rings. The summed E-state index contributed by atoms with van der Waals surface area (Å²) < 4.78 is 5.34. The number of benzene rings is 8. The molecule has 4 heteroatoms. The number of hydrogen-bond donors (Lipinski definition) is 0. The molecule has 2 unspecified atom stereocenters. The van der Waals surface area contributed by atoms with Crippen LogP contribution in [0.1, 0.15) is 97.8 Å². The third-order valence-electron chi connectivity index (χ3n) is 17.5. The van der Waals surface area contributed by atoms with Gasteiger partial charge in [-0.1, -0.05) is 164 Å². The van der Waals surface area contributed by atoms with Crippen LogP contribution >= 0.6 is 0 Å². The Balaban J connectivity index is 1.19. The maximum Gasteiger partial charge on any atom is 0.328 e. The van der Waals surface area contributed by atoms with E-state index >= 15 is 0 Å². The van der Waals surface area contributed by atoms with Gasteiger partial charge in [0.1, 0.15) is 0 Å². The van der Waals surface area contributed by atoms with Gasteiger partial charge in [-0.15, -0.1) is 0 Å². The summed E-state index contributed by atoms with van der Waals surface area (Å²) in [5.41, 5.74) is 24.0. The monoisotopic (exact) mass is 879 g/mol.